The Morgan fingerprint density at radius 2 is 1.93 bits per heavy atom. The Hall–Kier alpha value is -2.57. The second-order valence-corrected chi connectivity index (χ2v) is 7.70. The third-order valence-electron chi connectivity index (χ3n) is 4.09. The van der Waals surface area contributed by atoms with Crippen LogP contribution in [-0.4, -0.2) is 37.2 Å². The van der Waals surface area contributed by atoms with Crippen LogP contribution >= 0.6 is 0 Å². The zero-order valence-electron chi connectivity index (χ0n) is 16.3. The first-order valence-corrected chi connectivity index (χ1v) is 9.11. The van der Waals surface area contributed by atoms with E-state index in [0.29, 0.717) is 5.92 Å². The summed E-state index contributed by atoms with van der Waals surface area (Å²) in [5.41, 5.74) is 1.41. The van der Waals surface area contributed by atoms with Gasteiger partial charge in [0.15, 0.2) is 0 Å². The molecule has 7 nitrogen and oxygen atoms in total. The van der Waals surface area contributed by atoms with Crippen molar-refractivity contribution in [2.45, 2.75) is 57.6 Å². The second-order valence-electron chi connectivity index (χ2n) is 7.70. The number of nitrogens with one attached hydrogen (secondary N) is 2. The normalized spacial score (nSPS) is 14.8. The van der Waals surface area contributed by atoms with E-state index < -0.39 is 29.6 Å². The second kappa shape index (κ2) is 8.88. The molecule has 148 valence electrons. The molecule has 0 aliphatic heterocycles. The van der Waals surface area contributed by atoms with Crippen molar-refractivity contribution in [2.75, 3.05) is 13.7 Å². The molecule has 1 aliphatic rings. The summed E-state index contributed by atoms with van der Waals surface area (Å²) in [6.07, 6.45) is 1.68. The highest BCUT2D eigenvalue weighted by atomic mass is 16.6. The van der Waals surface area contributed by atoms with Gasteiger partial charge in [-0.05, 0) is 50.7 Å². The van der Waals surface area contributed by atoms with Crippen LogP contribution in [-0.2, 0) is 19.1 Å². The number of esters is 1. The van der Waals surface area contributed by atoms with Gasteiger partial charge in [0.1, 0.15) is 12.1 Å². The first-order valence-electron chi connectivity index (χ1n) is 9.11. The highest BCUT2D eigenvalue weighted by Crippen LogP contribution is 2.40. The van der Waals surface area contributed by atoms with Gasteiger partial charge in [-0.3, -0.25) is 9.59 Å². The van der Waals surface area contributed by atoms with E-state index >= 15 is 0 Å². The molecule has 1 saturated carbocycles. The minimum atomic E-state index is -0.669. The van der Waals surface area contributed by atoms with Crippen LogP contribution in [0.25, 0.3) is 0 Å². The standard InChI is InChI=1S/C20H28N2O5/c1-20(2,3)27-19(25)21-12-17(23)22-16(11-18(24)26-4)15-7-5-6-14(10-15)13-8-9-13/h5-7,10,13,16H,8-9,11-12H2,1-4H3,(H,21,25)(H,22,23)/t16-/m0/s1. The summed E-state index contributed by atoms with van der Waals surface area (Å²) in [6.45, 7) is 4.98. The molecule has 1 atom stereocenters. The number of alkyl carbamates (subject to hydrolysis) is 1. The first-order chi connectivity index (χ1) is 12.7. The molecule has 0 aromatic heterocycles. The lowest BCUT2D eigenvalue weighted by Crippen LogP contribution is -2.41. The van der Waals surface area contributed by atoms with Crippen LogP contribution < -0.4 is 10.6 Å². The van der Waals surface area contributed by atoms with E-state index in [1.54, 1.807) is 20.8 Å². The molecule has 0 unspecified atom stereocenters. The predicted molar refractivity (Wildman–Crippen MR) is 100 cm³/mol. The van der Waals surface area contributed by atoms with Crippen LogP contribution in [0.3, 0.4) is 0 Å². The molecule has 0 spiro atoms. The molecule has 0 heterocycles. The number of ether oxygens (including phenoxy) is 2. The Labute approximate surface area is 159 Å². The minimum absolute atomic E-state index is 0.0167. The lowest BCUT2D eigenvalue weighted by atomic mass is 9.99. The molecule has 2 amide bonds. The lowest BCUT2D eigenvalue weighted by molar-refractivity contribution is -0.141. The number of carbonyl (C=O) groups excluding carboxylic acids is 3. The summed E-state index contributed by atoms with van der Waals surface area (Å²) in [7, 11) is 1.31. The van der Waals surface area contributed by atoms with Gasteiger partial charge in [-0.15, -0.1) is 0 Å². The van der Waals surface area contributed by atoms with Crippen LogP contribution in [0.5, 0.6) is 0 Å². The Morgan fingerprint density at radius 1 is 1.22 bits per heavy atom. The fraction of sp³-hybridized carbons (Fsp3) is 0.550. The molecule has 27 heavy (non-hydrogen) atoms. The monoisotopic (exact) mass is 376 g/mol. The average molecular weight is 376 g/mol. The SMILES string of the molecule is COC(=O)C[C@H](NC(=O)CNC(=O)OC(C)(C)C)c1cccc(C2CC2)c1. The van der Waals surface area contributed by atoms with Gasteiger partial charge in [0.05, 0.1) is 19.6 Å². The van der Waals surface area contributed by atoms with E-state index in [0.717, 1.165) is 18.4 Å². The van der Waals surface area contributed by atoms with Gasteiger partial charge in [-0.25, -0.2) is 4.79 Å². The van der Waals surface area contributed by atoms with Gasteiger partial charge in [0.2, 0.25) is 5.91 Å². The number of rotatable bonds is 7. The number of benzene rings is 1. The van der Waals surface area contributed by atoms with Crippen molar-refractivity contribution in [3.8, 4) is 0 Å². The number of hydrogen-bond acceptors (Lipinski definition) is 5. The van der Waals surface area contributed by atoms with Gasteiger partial charge >= 0.3 is 12.1 Å². The predicted octanol–water partition coefficient (Wildman–Crippen LogP) is 2.81. The van der Waals surface area contributed by atoms with Gasteiger partial charge in [-0.1, -0.05) is 24.3 Å². The van der Waals surface area contributed by atoms with E-state index in [9.17, 15) is 14.4 Å². The van der Waals surface area contributed by atoms with Crippen molar-refractivity contribution in [3.63, 3.8) is 0 Å². The Kier molecular flexibility index (Phi) is 6.82. The topological polar surface area (TPSA) is 93.7 Å². The van der Waals surface area contributed by atoms with Crippen molar-refractivity contribution < 1.29 is 23.9 Å². The summed E-state index contributed by atoms with van der Waals surface area (Å²) in [6, 6.07) is 7.36. The van der Waals surface area contributed by atoms with Crippen molar-refractivity contribution in [1.82, 2.24) is 10.6 Å². The minimum Gasteiger partial charge on any atom is -0.469 e. The summed E-state index contributed by atoms with van der Waals surface area (Å²) < 4.78 is 9.85. The Morgan fingerprint density at radius 3 is 2.52 bits per heavy atom. The average Bonchev–Trinajstić information content (AvgIpc) is 3.43. The van der Waals surface area contributed by atoms with Gasteiger partial charge < -0.3 is 20.1 Å². The highest BCUT2D eigenvalue weighted by molar-refractivity contribution is 5.83. The molecule has 7 heteroatoms. The molecular weight excluding hydrogens is 348 g/mol. The van der Waals surface area contributed by atoms with E-state index in [2.05, 4.69) is 16.7 Å². The molecule has 2 rings (SSSR count). The maximum Gasteiger partial charge on any atom is 0.408 e. The van der Waals surface area contributed by atoms with Crippen LogP contribution in [0.1, 0.15) is 63.1 Å². The first kappa shape index (κ1) is 20.7. The molecule has 1 fully saturated rings. The van der Waals surface area contributed by atoms with Crippen LogP contribution in [0.2, 0.25) is 0 Å². The van der Waals surface area contributed by atoms with E-state index in [1.807, 2.05) is 18.2 Å². The quantitative estimate of drug-likeness (QED) is 0.714. The zero-order chi connectivity index (χ0) is 20.0. The van der Waals surface area contributed by atoms with Gasteiger partial charge in [0.25, 0.3) is 0 Å². The molecule has 0 bridgehead atoms. The summed E-state index contributed by atoms with van der Waals surface area (Å²) in [4.78, 5) is 35.7. The molecule has 0 saturated heterocycles. The van der Waals surface area contributed by atoms with Crippen LogP contribution in [0, 0.1) is 0 Å². The summed E-state index contributed by atoms with van der Waals surface area (Å²) >= 11 is 0. The molecule has 0 radical (unpaired) electrons. The number of carbonyl (C=O) groups is 3. The summed E-state index contributed by atoms with van der Waals surface area (Å²) in [5, 5.41) is 5.21. The van der Waals surface area contributed by atoms with Crippen LogP contribution in [0.4, 0.5) is 4.79 Å². The van der Waals surface area contributed by atoms with E-state index in [1.165, 1.54) is 12.7 Å². The van der Waals surface area contributed by atoms with E-state index in [-0.39, 0.29) is 13.0 Å². The number of amides is 2. The zero-order valence-corrected chi connectivity index (χ0v) is 16.3. The largest absolute Gasteiger partial charge is 0.469 e. The highest BCUT2D eigenvalue weighted by Gasteiger charge is 2.25. The van der Waals surface area contributed by atoms with E-state index in [4.69, 9.17) is 9.47 Å². The molecule has 1 aromatic rings. The molecule has 2 N–H and O–H groups in total. The third-order valence-corrected chi connectivity index (χ3v) is 4.09. The molecule has 1 aromatic carbocycles. The fourth-order valence-electron chi connectivity index (χ4n) is 2.66. The molecular formula is C20H28N2O5. The summed E-state index contributed by atoms with van der Waals surface area (Å²) in [5.74, 6) is -0.267. The Balaban J connectivity index is 1.99. The van der Waals surface area contributed by atoms with Gasteiger partial charge in [0, 0.05) is 0 Å². The Bertz CT molecular complexity index is 692. The van der Waals surface area contributed by atoms with Crippen molar-refractivity contribution in [1.29, 1.82) is 0 Å². The fourth-order valence-corrected chi connectivity index (χ4v) is 2.66. The van der Waals surface area contributed by atoms with Crippen molar-refractivity contribution >= 4 is 18.0 Å². The maximum absolute atomic E-state index is 12.3. The third kappa shape index (κ3) is 7.29. The maximum atomic E-state index is 12.3. The number of methoxy groups -OCH3 is 1. The van der Waals surface area contributed by atoms with Gasteiger partial charge in [-0.2, -0.15) is 0 Å². The molecule has 1 aliphatic carbocycles. The van der Waals surface area contributed by atoms with Crippen LogP contribution in [0.15, 0.2) is 24.3 Å². The van der Waals surface area contributed by atoms with Crippen molar-refractivity contribution in [3.05, 3.63) is 35.4 Å². The lowest BCUT2D eigenvalue weighted by Gasteiger charge is -2.21. The smallest absolute Gasteiger partial charge is 0.408 e. The number of hydrogen-bond donors (Lipinski definition) is 2. The van der Waals surface area contributed by atoms with Crippen molar-refractivity contribution in [2.24, 2.45) is 0 Å².